The number of imidazole rings is 2. The molecule has 3 aromatic carbocycles. The second-order valence-corrected chi connectivity index (χ2v) is 10.8. The summed E-state index contributed by atoms with van der Waals surface area (Å²) in [6.07, 6.45) is 0. The molecule has 0 atom stereocenters. The van der Waals surface area contributed by atoms with Gasteiger partial charge in [0.1, 0.15) is 11.6 Å². The van der Waals surface area contributed by atoms with Crippen LogP contribution in [0.15, 0.2) is 91.0 Å². The molecule has 0 aliphatic carbocycles. The lowest BCUT2D eigenvalue weighted by Crippen LogP contribution is -2.37. The zero-order valence-electron chi connectivity index (χ0n) is 24.9. The van der Waals surface area contributed by atoms with E-state index in [2.05, 4.69) is 29.7 Å². The van der Waals surface area contributed by atoms with E-state index in [9.17, 15) is 14.4 Å². The molecule has 2 aliphatic rings. The van der Waals surface area contributed by atoms with Crippen LogP contribution in [-0.2, 0) is 31.0 Å². The molecule has 2 aromatic heterocycles. The number of fused-ring (bicyclic) bond motifs is 2. The predicted molar refractivity (Wildman–Crippen MR) is 171 cm³/mol. The van der Waals surface area contributed by atoms with E-state index in [4.69, 9.17) is 5.73 Å². The number of nitrogens with one attached hydrogen (secondary N) is 2. The van der Waals surface area contributed by atoms with E-state index in [0.29, 0.717) is 43.3 Å². The van der Waals surface area contributed by atoms with Gasteiger partial charge in [-0.25, -0.2) is 9.97 Å². The van der Waals surface area contributed by atoms with Crippen LogP contribution in [0.5, 0.6) is 0 Å². The lowest BCUT2D eigenvalue weighted by molar-refractivity contribution is -0.130. The highest BCUT2D eigenvalue weighted by Gasteiger charge is 2.29. The first kappa shape index (κ1) is 29.5. The Balaban J connectivity index is 0.000000172. The van der Waals surface area contributed by atoms with Crippen molar-refractivity contribution in [2.24, 2.45) is 5.73 Å². The summed E-state index contributed by atoms with van der Waals surface area (Å²) >= 11 is 0. The van der Waals surface area contributed by atoms with Gasteiger partial charge in [0.05, 0.1) is 17.9 Å². The summed E-state index contributed by atoms with van der Waals surface area (Å²) in [5.74, 6) is 0.841. The lowest BCUT2D eigenvalue weighted by Gasteiger charge is -2.28. The minimum atomic E-state index is -0.468. The SMILES string of the molecule is CC(=O)N1CCn2c(-c3ccccc3)nc(C(=O)Nc3ccccc3)c2C1.NC(=O)c1nc(-c2ccccc2)n2c1CNCC2. The Hall–Kier alpha value is -5.55. The van der Waals surface area contributed by atoms with Gasteiger partial charge in [0, 0.05) is 56.5 Å². The van der Waals surface area contributed by atoms with Crippen LogP contribution in [0.2, 0.25) is 0 Å². The number of aromatic nitrogens is 4. The smallest absolute Gasteiger partial charge is 0.276 e. The molecule has 0 saturated carbocycles. The van der Waals surface area contributed by atoms with Gasteiger partial charge in [-0.2, -0.15) is 0 Å². The van der Waals surface area contributed by atoms with Crippen LogP contribution < -0.4 is 16.4 Å². The van der Waals surface area contributed by atoms with Crippen LogP contribution >= 0.6 is 0 Å². The Bertz CT molecular complexity index is 1830. The quantitative estimate of drug-likeness (QED) is 0.279. The first-order chi connectivity index (χ1) is 21.9. The summed E-state index contributed by atoms with van der Waals surface area (Å²) in [6, 6.07) is 29.0. The summed E-state index contributed by atoms with van der Waals surface area (Å²) in [4.78, 5) is 47.0. The Kier molecular flexibility index (Phi) is 8.52. The molecular formula is C34H34N8O3. The molecule has 11 nitrogen and oxygen atoms in total. The summed E-state index contributed by atoms with van der Waals surface area (Å²) in [6.45, 7) is 5.48. The molecule has 3 amide bonds. The largest absolute Gasteiger partial charge is 0.364 e. The highest BCUT2D eigenvalue weighted by atomic mass is 16.2. The Morgan fingerprint density at radius 3 is 1.87 bits per heavy atom. The third-order valence-electron chi connectivity index (χ3n) is 7.87. The predicted octanol–water partition coefficient (Wildman–Crippen LogP) is 3.92. The van der Waals surface area contributed by atoms with Crippen molar-refractivity contribution in [2.45, 2.75) is 33.1 Å². The summed E-state index contributed by atoms with van der Waals surface area (Å²) in [5.41, 5.74) is 10.4. The molecule has 11 heteroatoms. The zero-order valence-corrected chi connectivity index (χ0v) is 24.9. The molecule has 7 rings (SSSR count). The van der Waals surface area contributed by atoms with Crippen LogP contribution in [0.1, 0.15) is 39.3 Å². The molecule has 0 radical (unpaired) electrons. The molecule has 45 heavy (non-hydrogen) atoms. The topological polar surface area (TPSA) is 140 Å². The number of rotatable bonds is 5. The molecule has 0 spiro atoms. The number of carbonyl (C=O) groups is 3. The molecule has 0 fully saturated rings. The van der Waals surface area contributed by atoms with Gasteiger partial charge >= 0.3 is 0 Å². The van der Waals surface area contributed by atoms with Gasteiger partial charge in [-0.15, -0.1) is 0 Å². The van der Waals surface area contributed by atoms with Crippen molar-refractivity contribution < 1.29 is 14.4 Å². The van der Waals surface area contributed by atoms with Crippen molar-refractivity contribution in [2.75, 3.05) is 18.4 Å². The Morgan fingerprint density at radius 2 is 1.29 bits per heavy atom. The van der Waals surface area contributed by atoms with Gasteiger partial charge in [-0.3, -0.25) is 14.4 Å². The number of hydrogen-bond donors (Lipinski definition) is 3. The lowest BCUT2D eigenvalue weighted by atomic mass is 10.2. The van der Waals surface area contributed by atoms with E-state index in [1.165, 1.54) is 0 Å². The fourth-order valence-electron chi connectivity index (χ4n) is 5.65. The molecule has 0 saturated heterocycles. The number of anilines is 1. The molecule has 228 valence electrons. The number of hydrogen-bond acceptors (Lipinski definition) is 6. The molecule has 4 heterocycles. The van der Waals surface area contributed by atoms with E-state index < -0.39 is 5.91 Å². The molecule has 0 bridgehead atoms. The maximum atomic E-state index is 12.9. The summed E-state index contributed by atoms with van der Waals surface area (Å²) in [7, 11) is 0. The molecule has 0 unspecified atom stereocenters. The van der Waals surface area contributed by atoms with Gasteiger partial charge in [0.2, 0.25) is 5.91 Å². The van der Waals surface area contributed by atoms with E-state index in [1.54, 1.807) is 11.8 Å². The average molecular weight is 603 g/mol. The normalized spacial score (nSPS) is 13.6. The van der Waals surface area contributed by atoms with Crippen molar-refractivity contribution in [3.63, 3.8) is 0 Å². The fourth-order valence-corrected chi connectivity index (χ4v) is 5.65. The van der Waals surface area contributed by atoms with Crippen LogP contribution in [-0.4, -0.2) is 54.8 Å². The zero-order chi connectivity index (χ0) is 31.3. The second-order valence-electron chi connectivity index (χ2n) is 10.8. The molecule has 2 aliphatic heterocycles. The maximum absolute atomic E-state index is 12.9. The number of benzene rings is 3. The molecule has 5 aromatic rings. The van der Waals surface area contributed by atoms with Crippen molar-refractivity contribution in [3.05, 3.63) is 114 Å². The minimum absolute atomic E-state index is 0.00173. The molecular weight excluding hydrogens is 568 g/mol. The standard InChI is InChI=1S/C21H20N4O2.C13H14N4O/c1-15(26)24-12-13-25-18(14-24)19(21(27)22-17-10-6-3-7-11-17)23-20(25)16-8-4-2-5-9-16;14-12(18)11-10-8-15-6-7-17(10)13(16-11)9-4-2-1-3-5-9/h2-11H,12-14H2,1H3,(H,22,27);1-5,15H,6-8H2,(H2,14,18). The third-order valence-corrected chi connectivity index (χ3v) is 7.87. The van der Waals surface area contributed by atoms with Crippen molar-refractivity contribution in [1.82, 2.24) is 29.3 Å². The van der Waals surface area contributed by atoms with Crippen molar-refractivity contribution in [3.8, 4) is 22.8 Å². The number of primary amides is 1. The second kappa shape index (κ2) is 13.0. The number of nitrogens with zero attached hydrogens (tertiary/aromatic N) is 5. The first-order valence-corrected chi connectivity index (χ1v) is 14.8. The van der Waals surface area contributed by atoms with E-state index in [1.807, 2.05) is 91.0 Å². The molecule has 4 N–H and O–H groups in total. The van der Waals surface area contributed by atoms with Crippen LogP contribution in [0, 0.1) is 0 Å². The number of carbonyl (C=O) groups excluding carboxylic acids is 3. The Labute approximate surface area is 260 Å². The number of para-hydroxylation sites is 1. The Morgan fingerprint density at radius 1 is 0.733 bits per heavy atom. The number of nitrogens with two attached hydrogens (primary N) is 1. The highest BCUT2D eigenvalue weighted by Crippen LogP contribution is 2.27. The number of amides is 3. The van der Waals surface area contributed by atoms with E-state index >= 15 is 0 Å². The van der Waals surface area contributed by atoms with Crippen molar-refractivity contribution in [1.29, 1.82) is 0 Å². The minimum Gasteiger partial charge on any atom is -0.364 e. The van der Waals surface area contributed by atoms with Gasteiger partial charge in [-0.05, 0) is 12.1 Å². The van der Waals surface area contributed by atoms with Crippen LogP contribution in [0.4, 0.5) is 5.69 Å². The van der Waals surface area contributed by atoms with E-state index in [0.717, 1.165) is 47.3 Å². The monoisotopic (exact) mass is 602 g/mol. The fraction of sp³-hybridized carbons (Fsp3) is 0.206. The summed E-state index contributed by atoms with van der Waals surface area (Å²) < 4.78 is 4.13. The maximum Gasteiger partial charge on any atom is 0.276 e. The first-order valence-electron chi connectivity index (χ1n) is 14.8. The average Bonchev–Trinajstić information content (AvgIpc) is 3.66. The van der Waals surface area contributed by atoms with Crippen molar-refractivity contribution >= 4 is 23.4 Å². The summed E-state index contributed by atoms with van der Waals surface area (Å²) in [5, 5.41) is 6.13. The van der Waals surface area contributed by atoms with Gasteiger partial charge in [0.25, 0.3) is 11.8 Å². The van der Waals surface area contributed by atoms with Gasteiger partial charge < -0.3 is 30.4 Å². The third kappa shape index (κ3) is 6.24. The van der Waals surface area contributed by atoms with E-state index in [-0.39, 0.29) is 11.8 Å². The van der Waals surface area contributed by atoms with Gasteiger partial charge in [0.15, 0.2) is 11.4 Å². The van der Waals surface area contributed by atoms with Crippen LogP contribution in [0.3, 0.4) is 0 Å². The van der Waals surface area contributed by atoms with Gasteiger partial charge in [-0.1, -0.05) is 78.9 Å². The highest BCUT2D eigenvalue weighted by molar-refractivity contribution is 6.04. The van der Waals surface area contributed by atoms with Crippen LogP contribution in [0.25, 0.3) is 22.8 Å².